The fourth-order valence-corrected chi connectivity index (χ4v) is 3.21. The minimum absolute atomic E-state index is 0.00608. The molecule has 1 aromatic carbocycles. The third-order valence-electron chi connectivity index (χ3n) is 3.52. The number of hydrogen-bond acceptors (Lipinski definition) is 7. The average Bonchev–Trinajstić information content (AvgIpc) is 3.10. The smallest absolute Gasteiger partial charge is 0.342 e. The molecule has 0 unspecified atom stereocenters. The van der Waals surface area contributed by atoms with Gasteiger partial charge in [0.05, 0.1) is 25.9 Å². The van der Waals surface area contributed by atoms with Gasteiger partial charge in [0.1, 0.15) is 16.3 Å². The predicted molar refractivity (Wildman–Crippen MR) is 107 cm³/mol. The van der Waals surface area contributed by atoms with Crippen molar-refractivity contribution in [2.45, 2.75) is 13.8 Å². The van der Waals surface area contributed by atoms with Crippen LogP contribution in [0.2, 0.25) is 0 Å². The summed E-state index contributed by atoms with van der Waals surface area (Å²) >= 11 is 1.05. The largest absolute Gasteiger partial charge is 0.497 e. The number of anilines is 1. The number of hydrogen-bond donors (Lipinski definition) is 1. The Labute approximate surface area is 166 Å². The van der Waals surface area contributed by atoms with E-state index < -0.39 is 17.8 Å². The topological polar surface area (TPSA) is 90.9 Å². The number of carbonyl (C=O) groups is 3. The summed E-state index contributed by atoms with van der Waals surface area (Å²) in [4.78, 5) is 36.7. The summed E-state index contributed by atoms with van der Waals surface area (Å²) in [5.74, 6) is -1.12. The summed E-state index contributed by atoms with van der Waals surface area (Å²) in [6.45, 7) is 3.63. The molecule has 0 fully saturated rings. The molecule has 0 spiro atoms. The van der Waals surface area contributed by atoms with Gasteiger partial charge in [-0.3, -0.25) is 4.79 Å². The maximum Gasteiger partial charge on any atom is 0.342 e. The fourth-order valence-electron chi connectivity index (χ4n) is 2.29. The standard InChI is InChI=1S/C20H21NO6S/c1-4-26-19(23)15-12-28-18(17(15)20(24)27-5-2)21-16(22)10-9-13-7-6-8-14(11-13)25-3/h6-12H,4-5H2,1-3H3,(H,21,22)/b10-9+. The molecule has 0 radical (unpaired) electrons. The highest BCUT2D eigenvalue weighted by atomic mass is 32.1. The molecule has 28 heavy (non-hydrogen) atoms. The molecule has 0 aliphatic rings. The van der Waals surface area contributed by atoms with Crippen LogP contribution in [0.3, 0.4) is 0 Å². The molecule has 8 heteroatoms. The number of rotatable bonds is 8. The van der Waals surface area contributed by atoms with E-state index in [0.717, 1.165) is 16.9 Å². The van der Waals surface area contributed by atoms with Crippen molar-refractivity contribution in [3.05, 3.63) is 52.4 Å². The number of amides is 1. The zero-order valence-corrected chi connectivity index (χ0v) is 16.6. The van der Waals surface area contributed by atoms with E-state index >= 15 is 0 Å². The summed E-state index contributed by atoms with van der Waals surface area (Å²) in [6.07, 6.45) is 2.94. The van der Waals surface area contributed by atoms with Gasteiger partial charge in [0, 0.05) is 11.5 Å². The quantitative estimate of drug-likeness (QED) is 0.533. The number of thiophene rings is 1. The number of esters is 2. The molecule has 2 aromatic rings. The molecule has 0 atom stereocenters. The van der Waals surface area contributed by atoms with Gasteiger partial charge >= 0.3 is 11.9 Å². The van der Waals surface area contributed by atoms with Crippen LogP contribution in [-0.4, -0.2) is 38.2 Å². The number of carbonyl (C=O) groups excluding carboxylic acids is 3. The first-order valence-electron chi connectivity index (χ1n) is 8.59. The average molecular weight is 403 g/mol. The molecule has 1 amide bonds. The van der Waals surface area contributed by atoms with Crippen molar-refractivity contribution in [3.63, 3.8) is 0 Å². The zero-order chi connectivity index (χ0) is 20.5. The Morgan fingerprint density at radius 1 is 1.11 bits per heavy atom. The summed E-state index contributed by atoms with van der Waals surface area (Å²) in [6, 6.07) is 7.20. The Morgan fingerprint density at radius 2 is 1.82 bits per heavy atom. The van der Waals surface area contributed by atoms with Crippen molar-refractivity contribution in [1.82, 2.24) is 0 Å². The van der Waals surface area contributed by atoms with Crippen molar-refractivity contribution in [1.29, 1.82) is 0 Å². The summed E-state index contributed by atoms with van der Waals surface area (Å²) < 4.78 is 15.1. The van der Waals surface area contributed by atoms with E-state index in [1.807, 2.05) is 6.07 Å². The van der Waals surface area contributed by atoms with Gasteiger partial charge in [0.15, 0.2) is 0 Å². The van der Waals surface area contributed by atoms with Crippen LogP contribution in [0.4, 0.5) is 5.00 Å². The number of benzene rings is 1. The van der Waals surface area contributed by atoms with Crippen molar-refractivity contribution in [2.75, 3.05) is 25.6 Å². The molecule has 0 saturated heterocycles. The lowest BCUT2D eigenvalue weighted by Gasteiger charge is -2.07. The van der Waals surface area contributed by atoms with Crippen LogP contribution in [0.5, 0.6) is 5.75 Å². The lowest BCUT2D eigenvalue weighted by molar-refractivity contribution is -0.111. The fraction of sp³-hybridized carbons (Fsp3) is 0.250. The van der Waals surface area contributed by atoms with Crippen molar-refractivity contribution < 1.29 is 28.6 Å². The molecule has 0 bridgehead atoms. The van der Waals surface area contributed by atoms with Gasteiger partial charge in [-0.1, -0.05) is 12.1 Å². The molecule has 0 aliphatic carbocycles. The van der Waals surface area contributed by atoms with E-state index in [-0.39, 0.29) is 29.3 Å². The molecule has 148 valence electrons. The second-order valence-electron chi connectivity index (χ2n) is 5.39. The maximum absolute atomic E-state index is 12.3. The minimum atomic E-state index is -0.695. The first-order valence-corrected chi connectivity index (χ1v) is 9.46. The highest BCUT2D eigenvalue weighted by Gasteiger charge is 2.26. The molecule has 1 heterocycles. The number of methoxy groups -OCH3 is 1. The van der Waals surface area contributed by atoms with Gasteiger partial charge in [-0.2, -0.15) is 0 Å². The van der Waals surface area contributed by atoms with Crippen molar-refractivity contribution >= 4 is 40.3 Å². The summed E-state index contributed by atoms with van der Waals surface area (Å²) in [5.41, 5.74) is 0.837. The van der Waals surface area contributed by atoms with Gasteiger partial charge in [-0.25, -0.2) is 9.59 Å². The lowest BCUT2D eigenvalue weighted by atomic mass is 10.2. The number of ether oxygens (including phenoxy) is 3. The van der Waals surface area contributed by atoms with Crippen LogP contribution in [-0.2, 0) is 14.3 Å². The van der Waals surface area contributed by atoms with Crippen LogP contribution in [0, 0.1) is 0 Å². The summed E-state index contributed by atoms with van der Waals surface area (Å²) in [5, 5.41) is 4.31. The van der Waals surface area contributed by atoms with E-state index in [1.54, 1.807) is 45.2 Å². The Kier molecular flexibility index (Phi) is 7.76. The van der Waals surface area contributed by atoms with Crippen LogP contribution >= 0.6 is 11.3 Å². The lowest BCUT2D eigenvalue weighted by Crippen LogP contribution is -2.15. The minimum Gasteiger partial charge on any atom is -0.497 e. The first kappa shape index (κ1) is 21.2. The van der Waals surface area contributed by atoms with Gasteiger partial charge in [-0.15, -0.1) is 11.3 Å². The summed E-state index contributed by atoms with van der Waals surface area (Å²) in [7, 11) is 1.56. The zero-order valence-electron chi connectivity index (χ0n) is 15.8. The van der Waals surface area contributed by atoms with Crippen molar-refractivity contribution in [3.8, 4) is 5.75 Å². The molecular weight excluding hydrogens is 382 g/mol. The molecular formula is C20H21NO6S. The molecule has 0 saturated carbocycles. The molecule has 0 aliphatic heterocycles. The van der Waals surface area contributed by atoms with Crippen molar-refractivity contribution in [2.24, 2.45) is 0 Å². The van der Waals surface area contributed by atoms with E-state index in [1.165, 1.54) is 11.5 Å². The Morgan fingerprint density at radius 3 is 2.50 bits per heavy atom. The second-order valence-corrected chi connectivity index (χ2v) is 6.27. The van der Waals surface area contributed by atoms with Crippen LogP contribution in [0.15, 0.2) is 35.7 Å². The van der Waals surface area contributed by atoms with E-state index in [4.69, 9.17) is 14.2 Å². The highest BCUT2D eigenvalue weighted by molar-refractivity contribution is 7.15. The Balaban J connectivity index is 2.21. The maximum atomic E-state index is 12.3. The van der Waals surface area contributed by atoms with E-state index in [9.17, 15) is 14.4 Å². The van der Waals surface area contributed by atoms with Crippen LogP contribution < -0.4 is 10.1 Å². The SMILES string of the molecule is CCOC(=O)c1csc(NC(=O)/C=C/c2cccc(OC)c2)c1C(=O)OCC. The van der Waals surface area contributed by atoms with Crippen LogP contribution in [0.25, 0.3) is 6.08 Å². The second kappa shape index (κ2) is 10.3. The third-order valence-corrected chi connectivity index (χ3v) is 4.42. The van der Waals surface area contributed by atoms with Gasteiger partial charge in [-0.05, 0) is 37.6 Å². The number of nitrogens with one attached hydrogen (secondary N) is 1. The Bertz CT molecular complexity index is 887. The third kappa shape index (κ3) is 5.43. The van der Waals surface area contributed by atoms with Gasteiger partial charge in [0.2, 0.25) is 5.91 Å². The normalized spacial score (nSPS) is 10.5. The first-order chi connectivity index (χ1) is 13.5. The van der Waals surface area contributed by atoms with Gasteiger partial charge in [0.25, 0.3) is 0 Å². The highest BCUT2D eigenvalue weighted by Crippen LogP contribution is 2.30. The van der Waals surface area contributed by atoms with Gasteiger partial charge < -0.3 is 19.5 Å². The molecule has 7 nitrogen and oxygen atoms in total. The van der Waals surface area contributed by atoms with E-state index in [2.05, 4.69) is 5.32 Å². The van der Waals surface area contributed by atoms with Crippen LogP contribution in [0.1, 0.15) is 40.1 Å². The molecule has 1 aromatic heterocycles. The Hall–Kier alpha value is -3.13. The molecule has 1 N–H and O–H groups in total. The predicted octanol–water partition coefficient (Wildman–Crippen LogP) is 3.76. The van der Waals surface area contributed by atoms with E-state index in [0.29, 0.717) is 5.75 Å². The molecule has 2 rings (SSSR count). The monoisotopic (exact) mass is 403 g/mol.